The highest BCUT2D eigenvalue weighted by atomic mass is 16.5. The van der Waals surface area contributed by atoms with Gasteiger partial charge in [-0.25, -0.2) is 0 Å². The van der Waals surface area contributed by atoms with Crippen LogP contribution in [0, 0.1) is 0 Å². The summed E-state index contributed by atoms with van der Waals surface area (Å²) in [7, 11) is 0. The molecule has 2 fully saturated rings. The normalized spacial score (nSPS) is 43.3. The maximum atomic E-state index is 10.00. The second kappa shape index (κ2) is 4.14. The van der Waals surface area contributed by atoms with Crippen LogP contribution in [0.3, 0.4) is 0 Å². The molecule has 0 aromatic heterocycles. The van der Waals surface area contributed by atoms with Gasteiger partial charge < -0.3 is 20.9 Å². The van der Waals surface area contributed by atoms with E-state index in [1.54, 1.807) is 0 Å². The van der Waals surface area contributed by atoms with Crippen LogP contribution in [0.2, 0.25) is 0 Å². The third-order valence-electron chi connectivity index (χ3n) is 3.28. The fourth-order valence-corrected chi connectivity index (χ4v) is 2.27. The van der Waals surface area contributed by atoms with E-state index in [1.165, 1.54) is 0 Å². The molecule has 2 rings (SSSR count). The fourth-order valence-electron chi connectivity index (χ4n) is 2.27. The molecule has 0 amide bonds. The Kier molecular flexibility index (Phi) is 3.07. The van der Waals surface area contributed by atoms with Gasteiger partial charge >= 0.3 is 0 Å². The highest BCUT2D eigenvalue weighted by Gasteiger charge is 2.33. The smallest absolute Gasteiger partial charge is 0.102 e. The first-order chi connectivity index (χ1) is 6.68. The van der Waals surface area contributed by atoms with Gasteiger partial charge in [-0.3, -0.25) is 0 Å². The van der Waals surface area contributed by atoms with E-state index in [9.17, 15) is 5.11 Å². The van der Waals surface area contributed by atoms with Crippen molar-refractivity contribution >= 4 is 0 Å². The minimum absolute atomic E-state index is 0.349. The first-order valence-corrected chi connectivity index (χ1v) is 5.47. The average molecular weight is 200 g/mol. The van der Waals surface area contributed by atoms with E-state index in [0.29, 0.717) is 31.8 Å². The number of ether oxygens (including phenoxy) is 1. The molecule has 0 aromatic rings. The predicted octanol–water partition coefficient (Wildman–Crippen LogP) is -0.393. The van der Waals surface area contributed by atoms with Gasteiger partial charge in [0.15, 0.2) is 0 Å². The van der Waals surface area contributed by atoms with Gasteiger partial charge in [0.1, 0.15) is 5.60 Å². The molecule has 1 saturated heterocycles. The van der Waals surface area contributed by atoms with Crippen molar-refractivity contribution in [1.29, 1.82) is 0 Å². The van der Waals surface area contributed by atoms with Crippen LogP contribution in [-0.4, -0.2) is 42.5 Å². The molecule has 14 heavy (non-hydrogen) atoms. The van der Waals surface area contributed by atoms with E-state index in [4.69, 9.17) is 10.5 Å². The van der Waals surface area contributed by atoms with Gasteiger partial charge in [-0.1, -0.05) is 0 Å². The van der Waals surface area contributed by atoms with Crippen LogP contribution < -0.4 is 11.1 Å². The van der Waals surface area contributed by atoms with Crippen molar-refractivity contribution in [3.05, 3.63) is 0 Å². The highest BCUT2D eigenvalue weighted by Crippen LogP contribution is 2.20. The molecule has 0 spiro atoms. The largest absolute Gasteiger partial charge is 0.386 e. The summed E-state index contributed by atoms with van der Waals surface area (Å²) in [6.07, 6.45) is 4.03. The summed E-state index contributed by atoms with van der Waals surface area (Å²) in [6, 6.07) is 0.844. The van der Waals surface area contributed by atoms with E-state index in [-0.39, 0.29) is 0 Å². The van der Waals surface area contributed by atoms with E-state index < -0.39 is 5.60 Å². The second-order valence-corrected chi connectivity index (χ2v) is 4.68. The van der Waals surface area contributed by atoms with Gasteiger partial charge in [0.05, 0.1) is 6.61 Å². The number of aliphatic hydroxyl groups is 1. The quantitative estimate of drug-likeness (QED) is 0.580. The summed E-state index contributed by atoms with van der Waals surface area (Å²) in [5.74, 6) is 0. The molecule has 4 heteroatoms. The topological polar surface area (TPSA) is 67.5 Å². The van der Waals surface area contributed by atoms with Crippen molar-refractivity contribution in [1.82, 2.24) is 5.32 Å². The SMILES string of the molecule is NC1CCC(NCC2(O)CCOC2)C1. The summed E-state index contributed by atoms with van der Waals surface area (Å²) in [5, 5.41) is 13.4. The Morgan fingerprint density at radius 2 is 2.36 bits per heavy atom. The molecule has 2 aliphatic rings. The summed E-state index contributed by atoms with van der Waals surface area (Å²) in [5.41, 5.74) is 5.18. The van der Waals surface area contributed by atoms with Crippen molar-refractivity contribution < 1.29 is 9.84 Å². The van der Waals surface area contributed by atoms with Crippen molar-refractivity contribution in [2.75, 3.05) is 19.8 Å². The first kappa shape index (κ1) is 10.4. The molecular formula is C10H20N2O2. The van der Waals surface area contributed by atoms with Crippen LogP contribution in [0.15, 0.2) is 0 Å². The number of nitrogens with one attached hydrogen (secondary N) is 1. The Morgan fingerprint density at radius 3 is 2.93 bits per heavy atom. The lowest BCUT2D eigenvalue weighted by Crippen LogP contribution is -2.44. The molecule has 0 bridgehead atoms. The molecule has 3 atom stereocenters. The molecule has 1 saturated carbocycles. The average Bonchev–Trinajstić information content (AvgIpc) is 2.73. The van der Waals surface area contributed by atoms with Crippen LogP contribution in [0.4, 0.5) is 0 Å². The third-order valence-corrected chi connectivity index (χ3v) is 3.28. The molecule has 1 aliphatic carbocycles. The monoisotopic (exact) mass is 200 g/mol. The molecule has 4 N–H and O–H groups in total. The molecule has 4 nitrogen and oxygen atoms in total. The Balaban J connectivity index is 1.71. The van der Waals surface area contributed by atoms with Crippen molar-refractivity contribution in [2.45, 2.75) is 43.4 Å². The Hall–Kier alpha value is -0.160. The number of rotatable bonds is 3. The zero-order valence-electron chi connectivity index (χ0n) is 8.54. The first-order valence-electron chi connectivity index (χ1n) is 5.47. The number of hydrogen-bond acceptors (Lipinski definition) is 4. The summed E-state index contributed by atoms with van der Waals surface area (Å²) in [4.78, 5) is 0. The lowest BCUT2D eigenvalue weighted by molar-refractivity contribution is 0.0249. The van der Waals surface area contributed by atoms with E-state index in [1.807, 2.05) is 0 Å². The molecule has 3 unspecified atom stereocenters. The molecular weight excluding hydrogens is 180 g/mol. The standard InChI is InChI=1S/C10H20N2O2/c11-8-1-2-9(5-8)12-6-10(13)3-4-14-7-10/h8-9,12-13H,1-7,11H2. The molecule has 0 aromatic carbocycles. The summed E-state index contributed by atoms with van der Waals surface area (Å²) in [6.45, 7) is 1.80. The van der Waals surface area contributed by atoms with Crippen molar-refractivity contribution in [3.63, 3.8) is 0 Å². The van der Waals surface area contributed by atoms with E-state index in [2.05, 4.69) is 5.32 Å². The summed E-state index contributed by atoms with van der Waals surface area (Å²) < 4.78 is 5.18. The number of nitrogens with two attached hydrogens (primary N) is 1. The Morgan fingerprint density at radius 1 is 1.50 bits per heavy atom. The maximum Gasteiger partial charge on any atom is 0.102 e. The van der Waals surface area contributed by atoms with Gasteiger partial charge in [-0.15, -0.1) is 0 Å². The van der Waals surface area contributed by atoms with Crippen molar-refractivity contribution in [2.24, 2.45) is 5.73 Å². The lowest BCUT2D eigenvalue weighted by Gasteiger charge is -2.23. The van der Waals surface area contributed by atoms with Gasteiger partial charge in [-0.05, 0) is 19.3 Å². The van der Waals surface area contributed by atoms with E-state index in [0.717, 1.165) is 25.7 Å². The molecule has 1 heterocycles. The summed E-state index contributed by atoms with van der Waals surface area (Å²) >= 11 is 0. The maximum absolute atomic E-state index is 10.00. The van der Waals surface area contributed by atoms with Gasteiger partial charge in [0.2, 0.25) is 0 Å². The van der Waals surface area contributed by atoms with Crippen molar-refractivity contribution in [3.8, 4) is 0 Å². The van der Waals surface area contributed by atoms with Crippen LogP contribution in [0.25, 0.3) is 0 Å². The van der Waals surface area contributed by atoms with Crippen LogP contribution in [0.5, 0.6) is 0 Å². The molecule has 1 aliphatic heterocycles. The third kappa shape index (κ3) is 2.45. The Labute approximate surface area is 84.8 Å². The predicted molar refractivity (Wildman–Crippen MR) is 54.0 cm³/mol. The van der Waals surface area contributed by atoms with Gasteiger partial charge in [0.25, 0.3) is 0 Å². The minimum Gasteiger partial charge on any atom is -0.386 e. The molecule has 0 radical (unpaired) electrons. The van der Waals surface area contributed by atoms with Gasteiger partial charge in [0, 0.05) is 31.7 Å². The minimum atomic E-state index is -0.632. The Bertz CT molecular complexity index is 193. The molecule has 82 valence electrons. The zero-order chi connectivity index (χ0) is 10.0. The van der Waals surface area contributed by atoms with Gasteiger partial charge in [-0.2, -0.15) is 0 Å². The van der Waals surface area contributed by atoms with Crippen LogP contribution in [-0.2, 0) is 4.74 Å². The van der Waals surface area contributed by atoms with Crippen LogP contribution in [0.1, 0.15) is 25.7 Å². The zero-order valence-corrected chi connectivity index (χ0v) is 8.54. The lowest BCUT2D eigenvalue weighted by atomic mass is 10.0. The second-order valence-electron chi connectivity index (χ2n) is 4.68. The highest BCUT2D eigenvalue weighted by molar-refractivity contribution is 4.89. The van der Waals surface area contributed by atoms with E-state index >= 15 is 0 Å². The fraction of sp³-hybridized carbons (Fsp3) is 1.00. The van der Waals surface area contributed by atoms with Crippen LogP contribution >= 0.6 is 0 Å². The number of hydrogen-bond donors (Lipinski definition) is 3.